The molecule has 0 spiro atoms. The van der Waals surface area contributed by atoms with Gasteiger partial charge in [0, 0.05) is 12.8 Å². The summed E-state index contributed by atoms with van der Waals surface area (Å²) in [6.07, 6.45) is 2.81. The molecular formula is C14H17N3O2S. The van der Waals surface area contributed by atoms with E-state index in [1.807, 2.05) is 13.0 Å². The van der Waals surface area contributed by atoms with Gasteiger partial charge in [0.25, 0.3) is 0 Å². The van der Waals surface area contributed by atoms with Gasteiger partial charge in [0.1, 0.15) is 5.82 Å². The minimum Gasteiger partial charge on any atom is -0.397 e. The van der Waals surface area contributed by atoms with E-state index in [4.69, 9.17) is 5.73 Å². The van der Waals surface area contributed by atoms with Gasteiger partial charge in [0.15, 0.2) is 9.84 Å². The first kappa shape index (κ1) is 14.3. The number of hydrogen-bond acceptors (Lipinski definition) is 5. The zero-order chi connectivity index (χ0) is 14.8. The lowest BCUT2D eigenvalue weighted by Gasteiger charge is -2.08. The number of anilines is 2. The molecule has 2 rings (SSSR count). The second-order valence-corrected chi connectivity index (χ2v) is 6.71. The van der Waals surface area contributed by atoms with Gasteiger partial charge in [-0.05, 0) is 36.2 Å². The number of benzene rings is 1. The Morgan fingerprint density at radius 1 is 1.25 bits per heavy atom. The molecule has 0 amide bonds. The van der Waals surface area contributed by atoms with E-state index in [0.29, 0.717) is 17.1 Å². The lowest BCUT2D eigenvalue weighted by atomic mass is 10.2. The van der Waals surface area contributed by atoms with Crippen molar-refractivity contribution in [2.24, 2.45) is 0 Å². The van der Waals surface area contributed by atoms with Crippen molar-refractivity contribution in [2.45, 2.75) is 18.4 Å². The zero-order valence-corrected chi connectivity index (χ0v) is 12.2. The number of pyridine rings is 1. The lowest BCUT2D eigenvalue weighted by molar-refractivity contribution is 0.602. The number of aromatic nitrogens is 1. The molecule has 0 aliphatic carbocycles. The van der Waals surface area contributed by atoms with Gasteiger partial charge < -0.3 is 11.1 Å². The van der Waals surface area contributed by atoms with Gasteiger partial charge in [-0.2, -0.15) is 0 Å². The van der Waals surface area contributed by atoms with Crippen LogP contribution in [0.25, 0.3) is 0 Å². The molecule has 0 saturated carbocycles. The second kappa shape index (κ2) is 5.50. The quantitative estimate of drug-likeness (QED) is 0.899. The summed E-state index contributed by atoms with van der Waals surface area (Å²) < 4.78 is 22.7. The second-order valence-electron chi connectivity index (χ2n) is 4.70. The standard InChI is InChI=1S/C14H17N3O2S/c1-10-7-14(17-9-13(10)15)16-8-11-3-5-12(6-4-11)20(2,18)19/h3-7,9H,8,15H2,1-2H3,(H,16,17). The van der Waals surface area contributed by atoms with Crippen molar-refractivity contribution in [2.75, 3.05) is 17.3 Å². The van der Waals surface area contributed by atoms with E-state index >= 15 is 0 Å². The van der Waals surface area contributed by atoms with E-state index in [1.165, 1.54) is 6.26 Å². The van der Waals surface area contributed by atoms with Crippen LogP contribution in [0.4, 0.5) is 11.5 Å². The highest BCUT2D eigenvalue weighted by Gasteiger charge is 2.06. The summed E-state index contributed by atoms with van der Waals surface area (Å²) in [4.78, 5) is 4.50. The molecule has 0 bridgehead atoms. The summed E-state index contributed by atoms with van der Waals surface area (Å²) in [6, 6.07) is 8.66. The highest BCUT2D eigenvalue weighted by molar-refractivity contribution is 7.90. The van der Waals surface area contributed by atoms with Crippen molar-refractivity contribution in [3.8, 4) is 0 Å². The molecule has 0 unspecified atom stereocenters. The van der Waals surface area contributed by atoms with Crippen LogP contribution in [-0.4, -0.2) is 19.7 Å². The monoisotopic (exact) mass is 291 g/mol. The smallest absolute Gasteiger partial charge is 0.175 e. The highest BCUT2D eigenvalue weighted by Crippen LogP contribution is 2.15. The Bertz CT molecular complexity index is 710. The third-order valence-electron chi connectivity index (χ3n) is 2.98. The molecule has 0 radical (unpaired) electrons. The van der Waals surface area contributed by atoms with E-state index < -0.39 is 9.84 Å². The fraction of sp³-hybridized carbons (Fsp3) is 0.214. The van der Waals surface area contributed by atoms with Crippen molar-refractivity contribution in [3.05, 3.63) is 47.7 Å². The molecule has 5 nitrogen and oxygen atoms in total. The van der Waals surface area contributed by atoms with E-state index in [9.17, 15) is 8.42 Å². The first-order valence-electron chi connectivity index (χ1n) is 6.11. The Kier molecular flexibility index (Phi) is 3.94. The molecule has 0 saturated heterocycles. The van der Waals surface area contributed by atoms with Gasteiger partial charge in [-0.3, -0.25) is 0 Å². The van der Waals surface area contributed by atoms with Gasteiger partial charge in [0.2, 0.25) is 0 Å². The third kappa shape index (κ3) is 3.48. The Hall–Kier alpha value is -2.08. The van der Waals surface area contributed by atoms with Crippen LogP contribution in [0.2, 0.25) is 0 Å². The van der Waals surface area contributed by atoms with E-state index in [2.05, 4.69) is 10.3 Å². The number of nitrogen functional groups attached to an aromatic ring is 1. The first-order chi connectivity index (χ1) is 9.36. The van der Waals surface area contributed by atoms with Crippen LogP contribution in [-0.2, 0) is 16.4 Å². The van der Waals surface area contributed by atoms with Crippen LogP contribution in [0.1, 0.15) is 11.1 Å². The van der Waals surface area contributed by atoms with E-state index in [1.54, 1.807) is 30.5 Å². The van der Waals surface area contributed by atoms with Gasteiger partial charge >= 0.3 is 0 Å². The number of nitrogens with two attached hydrogens (primary N) is 1. The van der Waals surface area contributed by atoms with Crippen molar-refractivity contribution in [1.82, 2.24) is 4.98 Å². The molecule has 0 aliphatic rings. The summed E-state index contributed by atoms with van der Waals surface area (Å²) >= 11 is 0. The fourth-order valence-corrected chi connectivity index (χ4v) is 2.34. The van der Waals surface area contributed by atoms with Gasteiger partial charge in [-0.15, -0.1) is 0 Å². The molecule has 3 N–H and O–H groups in total. The Balaban J connectivity index is 2.06. The molecule has 0 aliphatic heterocycles. The first-order valence-corrected chi connectivity index (χ1v) is 8.00. The average Bonchev–Trinajstić information content (AvgIpc) is 2.40. The van der Waals surface area contributed by atoms with Crippen LogP contribution < -0.4 is 11.1 Å². The predicted octanol–water partition coefficient (Wildman–Crippen LogP) is 1.99. The van der Waals surface area contributed by atoms with E-state index in [-0.39, 0.29) is 0 Å². The summed E-state index contributed by atoms with van der Waals surface area (Å²) in [5.74, 6) is 0.740. The summed E-state index contributed by atoms with van der Waals surface area (Å²) in [7, 11) is -3.14. The largest absolute Gasteiger partial charge is 0.397 e. The Labute approximate surface area is 118 Å². The highest BCUT2D eigenvalue weighted by atomic mass is 32.2. The predicted molar refractivity (Wildman–Crippen MR) is 80.3 cm³/mol. The number of aryl methyl sites for hydroxylation is 1. The molecular weight excluding hydrogens is 274 g/mol. The lowest BCUT2D eigenvalue weighted by Crippen LogP contribution is -2.03. The Morgan fingerprint density at radius 2 is 1.90 bits per heavy atom. The van der Waals surface area contributed by atoms with Gasteiger partial charge in [-0.25, -0.2) is 13.4 Å². The minimum atomic E-state index is -3.14. The zero-order valence-electron chi connectivity index (χ0n) is 11.4. The molecule has 20 heavy (non-hydrogen) atoms. The van der Waals surface area contributed by atoms with Crippen molar-refractivity contribution >= 4 is 21.3 Å². The number of nitrogens with zero attached hydrogens (tertiary/aromatic N) is 1. The maximum absolute atomic E-state index is 11.4. The summed E-state index contributed by atoms with van der Waals surface area (Å²) in [6.45, 7) is 2.49. The molecule has 1 aromatic carbocycles. The molecule has 1 aromatic heterocycles. The van der Waals surface area contributed by atoms with Crippen molar-refractivity contribution in [1.29, 1.82) is 0 Å². The van der Waals surface area contributed by atoms with Crippen LogP contribution in [0.3, 0.4) is 0 Å². The Morgan fingerprint density at radius 3 is 2.45 bits per heavy atom. The number of hydrogen-bond donors (Lipinski definition) is 2. The van der Waals surface area contributed by atoms with Crippen LogP contribution in [0, 0.1) is 6.92 Å². The molecule has 106 valence electrons. The average molecular weight is 291 g/mol. The normalized spacial score (nSPS) is 11.3. The molecule has 0 fully saturated rings. The van der Waals surface area contributed by atoms with Gasteiger partial charge in [-0.1, -0.05) is 12.1 Å². The topological polar surface area (TPSA) is 85.1 Å². The van der Waals surface area contributed by atoms with Crippen LogP contribution >= 0.6 is 0 Å². The van der Waals surface area contributed by atoms with Crippen LogP contribution in [0.15, 0.2) is 41.4 Å². The third-order valence-corrected chi connectivity index (χ3v) is 4.10. The molecule has 6 heteroatoms. The summed E-state index contributed by atoms with van der Waals surface area (Å²) in [5, 5.41) is 3.17. The summed E-state index contributed by atoms with van der Waals surface area (Å²) in [5.41, 5.74) is 8.31. The van der Waals surface area contributed by atoms with Crippen molar-refractivity contribution < 1.29 is 8.42 Å². The van der Waals surface area contributed by atoms with Crippen molar-refractivity contribution in [3.63, 3.8) is 0 Å². The maximum Gasteiger partial charge on any atom is 0.175 e. The molecule has 1 heterocycles. The SMILES string of the molecule is Cc1cc(NCc2ccc(S(C)(=O)=O)cc2)ncc1N. The molecule has 2 aromatic rings. The minimum absolute atomic E-state index is 0.322. The van der Waals surface area contributed by atoms with Gasteiger partial charge in [0.05, 0.1) is 16.8 Å². The maximum atomic E-state index is 11.4. The number of sulfone groups is 1. The number of rotatable bonds is 4. The molecule has 0 atom stereocenters. The number of nitrogens with one attached hydrogen (secondary N) is 1. The van der Waals surface area contributed by atoms with E-state index in [0.717, 1.165) is 16.9 Å². The van der Waals surface area contributed by atoms with Crippen LogP contribution in [0.5, 0.6) is 0 Å². The fourth-order valence-electron chi connectivity index (χ4n) is 1.71.